The largest absolute Gasteiger partial charge is 0.506 e. The van der Waals surface area contributed by atoms with Gasteiger partial charge in [-0.05, 0) is 24.6 Å². The minimum atomic E-state index is -4.41. The Labute approximate surface area is 163 Å². The fourth-order valence-electron chi connectivity index (χ4n) is 2.61. The highest BCUT2D eigenvalue weighted by Crippen LogP contribution is 2.40. The van der Waals surface area contributed by atoms with Crippen LogP contribution in [0.2, 0.25) is 0 Å². The van der Waals surface area contributed by atoms with Crippen LogP contribution in [0.1, 0.15) is 28.4 Å². The minimum absolute atomic E-state index is 0.0548. The summed E-state index contributed by atoms with van der Waals surface area (Å²) >= 11 is 1.20. The van der Waals surface area contributed by atoms with Crippen molar-refractivity contribution >= 4 is 22.8 Å². The molecule has 0 aliphatic carbocycles. The topological polar surface area (TPSA) is 49.7 Å². The van der Waals surface area contributed by atoms with Crippen molar-refractivity contribution in [1.82, 2.24) is 0 Å². The van der Waals surface area contributed by atoms with Crippen LogP contribution in [-0.2, 0) is 6.18 Å². The number of ketones is 1. The summed E-state index contributed by atoms with van der Waals surface area (Å²) in [4.78, 5) is 16.8. The lowest BCUT2D eigenvalue weighted by molar-refractivity contribution is -0.137. The predicted octanol–water partition coefficient (Wildman–Crippen LogP) is 5.83. The molecule has 2 aromatic carbocycles. The molecule has 28 heavy (non-hydrogen) atoms. The van der Waals surface area contributed by atoms with Crippen molar-refractivity contribution in [2.75, 3.05) is 6.54 Å². The number of rotatable bonds is 5. The molecule has 0 radical (unpaired) electrons. The zero-order chi connectivity index (χ0) is 20.3. The number of hydrogen-bond donors (Lipinski definition) is 1. The van der Waals surface area contributed by atoms with Crippen molar-refractivity contribution < 1.29 is 23.1 Å². The van der Waals surface area contributed by atoms with E-state index in [9.17, 15) is 23.1 Å². The van der Waals surface area contributed by atoms with Crippen LogP contribution in [0.5, 0.6) is 5.75 Å². The summed E-state index contributed by atoms with van der Waals surface area (Å²) in [5.41, 5.74) is 1.23. The molecule has 3 rings (SSSR count). The monoisotopic (exact) mass is 403 g/mol. The van der Waals surface area contributed by atoms with Crippen LogP contribution < -0.4 is 0 Å². The summed E-state index contributed by atoms with van der Waals surface area (Å²) in [5, 5.41) is 12.2. The fourth-order valence-corrected chi connectivity index (χ4v) is 3.63. The van der Waals surface area contributed by atoms with Gasteiger partial charge in [-0.1, -0.05) is 42.5 Å². The van der Waals surface area contributed by atoms with Crippen LogP contribution in [0.15, 0.2) is 65.0 Å². The molecule has 0 aliphatic rings. The van der Waals surface area contributed by atoms with Gasteiger partial charge in [0.05, 0.1) is 10.4 Å². The van der Waals surface area contributed by atoms with Gasteiger partial charge in [-0.3, -0.25) is 9.79 Å². The van der Waals surface area contributed by atoms with Crippen LogP contribution in [0.25, 0.3) is 10.4 Å². The number of hydrogen-bond acceptors (Lipinski definition) is 4. The van der Waals surface area contributed by atoms with Crippen LogP contribution in [0.4, 0.5) is 13.2 Å². The van der Waals surface area contributed by atoms with E-state index in [0.29, 0.717) is 27.3 Å². The molecule has 0 atom stereocenters. The number of aliphatic imine (C=N–C) groups is 1. The molecular formula is C21H16F3NO2S. The van der Waals surface area contributed by atoms with Gasteiger partial charge in [0.15, 0.2) is 5.78 Å². The molecular weight excluding hydrogens is 387 g/mol. The lowest BCUT2D eigenvalue weighted by atomic mass is 10.1. The van der Waals surface area contributed by atoms with E-state index in [0.717, 1.165) is 12.1 Å². The fraction of sp³-hybridized carbons (Fsp3) is 0.143. The molecule has 0 spiro atoms. The normalized spacial score (nSPS) is 12.2. The van der Waals surface area contributed by atoms with Gasteiger partial charge in [0, 0.05) is 22.2 Å². The third-order valence-corrected chi connectivity index (χ3v) is 5.20. The third kappa shape index (κ3) is 4.31. The van der Waals surface area contributed by atoms with E-state index in [2.05, 4.69) is 4.99 Å². The molecule has 0 aliphatic heterocycles. The summed E-state index contributed by atoms with van der Waals surface area (Å²) in [6.45, 7) is 1.62. The molecule has 0 fully saturated rings. The zero-order valence-electron chi connectivity index (χ0n) is 14.8. The third-order valence-electron chi connectivity index (χ3n) is 4.18. The molecule has 3 aromatic rings. The number of nitrogens with zero attached hydrogens (tertiary/aromatic N) is 1. The van der Waals surface area contributed by atoms with E-state index in [1.807, 2.05) is 6.07 Å². The zero-order valence-corrected chi connectivity index (χ0v) is 15.6. The Kier molecular flexibility index (Phi) is 5.65. The van der Waals surface area contributed by atoms with Crippen molar-refractivity contribution in [3.8, 4) is 16.2 Å². The van der Waals surface area contributed by atoms with Gasteiger partial charge < -0.3 is 5.11 Å². The van der Waals surface area contributed by atoms with Gasteiger partial charge in [0.1, 0.15) is 12.3 Å². The van der Waals surface area contributed by atoms with Gasteiger partial charge in [-0.2, -0.15) is 13.2 Å². The average Bonchev–Trinajstić information content (AvgIpc) is 3.07. The van der Waals surface area contributed by atoms with E-state index in [1.54, 1.807) is 36.6 Å². The molecule has 1 aromatic heterocycles. The smallest absolute Gasteiger partial charge is 0.416 e. The maximum Gasteiger partial charge on any atom is 0.416 e. The Morgan fingerprint density at radius 2 is 1.71 bits per heavy atom. The molecule has 144 valence electrons. The molecule has 0 unspecified atom stereocenters. The summed E-state index contributed by atoms with van der Waals surface area (Å²) in [6.07, 6.45) is -4.41. The van der Waals surface area contributed by atoms with Gasteiger partial charge >= 0.3 is 6.18 Å². The first-order chi connectivity index (χ1) is 13.3. The molecule has 0 bridgehead atoms. The Hall–Kier alpha value is -2.93. The Morgan fingerprint density at radius 3 is 2.32 bits per heavy atom. The number of aromatic hydroxyl groups is 1. The summed E-state index contributed by atoms with van der Waals surface area (Å²) < 4.78 is 38.1. The van der Waals surface area contributed by atoms with Crippen LogP contribution >= 0.6 is 11.3 Å². The summed E-state index contributed by atoms with van der Waals surface area (Å²) in [5.74, 6) is -0.198. The van der Waals surface area contributed by atoms with Crippen molar-refractivity contribution in [2.45, 2.75) is 13.1 Å². The van der Waals surface area contributed by atoms with Gasteiger partial charge in [0.25, 0.3) is 0 Å². The van der Waals surface area contributed by atoms with Gasteiger partial charge in [0.2, 0.25) is 0 Å². The minimum Gasteiger partial charge on any atom is -0.506 e. The highest BCUT2D eigenvalue weighted by molar-refractivity contribution is 7.14. The number of carbonyl (C=O) groups is 1. The maximum absolute atomic E-state index is 12.7. The highest BCUT2D eigenvalue weighted by atomic mass is 32.1. The van der Waals surface area contributed by atoms with Crippen molar-refractivity contribution in [1.29, 1.82) is 0 Å². The first-order valence-corrected chi connectivity index (χ1v) is 9.23. The van der Waals surface area contributed by atoms with Gasteiger partial charge in [-0.15, -0.1) is 11.3 Å². The average molecular weight is 403 g/mol. The standard InChI is InChI=1S/C21H16F3NO2S/c1-13(25-11-18(26)14-5-3-2-4-6-14)17-12-28-20(19(17)27)15-7-9-16(10-8-15)21(22,23)24/h2-10,12,27H,11H2,1H3. The van der Waals surface area contributed by atoms with Crippen molar-refractivity contribution in [3.63, 3.8) is 0 Å². The number of thiophene rings is 1. The quantitative estimate of drug-likeness (QED) is 0.430. The summed E-state index contributed by atoms with van der Waals surface area (Å²) in [7, 11) is 0. The number of benzene rings is 2. The maximum atomic E-state index is 12.7. The van der Waals surface area contributed by atoms with Crippen LogP contribution in [-0.4, -0.2) is 23.1 Å². The first kappa shape index (κ1) is 19.8. The molecule has 0 amide bonds. The van der Waals surface area contributed by atoms with Crippen LogP contribution in [0.3, 0.4) is 0 Å². The number of alkyl halides is 3. The second-order valence-corrected chi connectivity index (χ2v) is 6.97. The first-order valence-electron chi connectivity index (χ1n) is 8.35. The molecule has 0 saturated carbocycles. The molecule has 1 N–H and O–H groups in total. The molecule has 7 heteroatoms. The molecule has 1 heterocycles. The van der Waals surface area contributed by atoms with Gasteiger partial charge in [-0.25, -0.2) is 0 Å². The predicted molar refractivity (Wildman–Crippen MR) is 104 cm³/mol. The van der Waals surface area contributed by atoms with Crippen molar-refractivity contribution in [2.24, 2.45) is 4.99 Å². The highest BCUT2D eigenvalue weighted by Gasteiger charge is 2.30. The SMILES string of the molecule is CC(=NCC(=O)c1ccccc1)c1csc(-c2ccc(C(F)(F)F)cc2)c1O. The number of halogens is 3. The van der Waals surface area contributed by atoms with Crippen molar-refractivity contribution in [3.05, 3.63) is 76.7 Å². The Morgan fingerprint density at radius 1 is 1.07 bits per heavy atom. The number of carbonyl (C=O) groups excluding carboxylic acids is 1. The molecule has 3 nitrogen and oxygen atoms in total. The van der Waals surface area contributed by atoms with E-state index >= 15 is 0 Å². The second kappa shape index (κ2) is 7.98. The van der Waals surface area contributed by atoms with E-state index < -0.39 is 11.7 Å². The second-order valence-electron chi connectivity index (χ2n) is 6.09. The summed E-state index contributed by atoms with van der Waals surface area (Å²) in [6, 6.07) is 13.4. The van der Waals surface area contributed by atoms with E-state index in [4.69, 9.17) is 0 Å². The Balaban J connectivity index is 1.79. The van der Waals surface area contributed by atoms with E-state index in [1.165, 1.54) is 23.5 Å². The lowest BCUT2D eigenvalue weighted by Crippen LogP contribution is -2.05. The Bertz CT molecular complexity index is 1010. The number of Topliss-reactive ketones (excluding diaryl/α,β-unsaturated/α-hetero) is 1. The lowest BCUT2D eigenvalue weighted by Gasteiger charge is -2.07. The van der Waals surface area contributed by atoms with E-state index in [-0.39, 0.29) is 18.1 Å². The molecule has 0 saturated heterocycles. The van der Waals surface area contributed by atoms with Crippen LogP contribution in [0, 0.1) is 0 Å².